The number of rotatable bonds is 3. The third-order valence-corrected chi connectivity index (χ3v) is 2.95. The molecule has 2 aliphatic heterocycles. The minimum Gasteiger partial charge on any atom is -0.396 e. The largest absolute Gasteiger partial charge is 0.396 e. The van der Waals surface area contributed by atoms with Crippen molar-refractivity contribution in [1.82, 2.24) is 4.90 Å². The second-order valence-corrected chi connectivity index (χ2v) is 4.08. The van der Waals surface area contributed by atoms with Crippen molar-refractivity contribution >= 4 is 5.91 Å². The van der Waals surface area contributed by atoms with E-state index >= 15 is 0 Å². The van der Waals surface area contributed by atoms with Gasteiger partial charge < -0.3 is 14.7 Å². The van der Waals surface area contributed by atoms with Gasteiger partial charge in [0.25, 0.3) is 0 Å². The van der Waals surface area contributed by atoms with Crippen LogP contribution >= 0.6 is 0 Å². The second kappa shape index (κ2) is 4.28. The molecule has 0 aliphatic carbocycles. The highest BCUT2D eigenvalue weighted by molar-refractivity contribution is 5.76. The van der Waals surface area contributed by atoms with E-state index in [4.69, 9.17) is 9.84 Å². The predicted octanol–water partition coefficient (Wildman–Crippen LogP) is 0.149. The SMILES string of the molecule is O=C(CCCO)N1CC2CCC(C1)O2. The maximum absolute atomic E-state index is 11.6. The summed E-state index contributed by atoms with van der Waals surface area (Å²) in [5.41, 5.74) is 0. The average molecular weight is 199 g/mol. The number of carbonyl (C=O) groups is 1. The van der Waals surface area contributed by atoms with Gasteiger partial charge in [-0.1, -0.05) is 0 Å². The van der Waals surface area contributed by atoms with Crippen LogP contribution in [0.15, 0.2) is 0 Å². The molecule has 2 heterocycles. The lowest BCUT2D eigenvalue weighted by molar-refractivity contribution is -0.140. The summed E-state index contributed by atoms with van der Waals surface area (Å²) in [5.74, 6) is 0.166. The van der Waals surface area contributed by atoms with Gasteiger partial charge in [0.2, 0.25) is 5.91 Å². The van der Waals surface area contributed by atoms with Gasteiger partial charge in [-0.05, 0) is 19.3 Å². The van der Waals surface area contributed by atoms with E-state index in [1.807, 2.05) is 4.90 Å². The molecule has 4 heteroatoms. The van der Waals surface area contributed by atoms with Gasteiger partial charge in [-0.2, -0.15) is 0 Å². The topological polar surface area (TPSA) is 49.8 Å². The number of carbonyl (C=O) groups excluding carboxylic acids is 1. The quantitative estimate of drug-likeness (QED) is 0.704. The van der Waals surface area contributed by atoms with Crippen LogP contribution in [-0.4, -0.2) is 47.8 Å². The van der Waals surface area contributed by atoms with Gasteiger partial charge in [0, 0.05) is 26.1 Å². The highest BCUT2D eigenvalue weighted by Crippen LogP contribution is 2.26. The fraction of sp³-hybridized carbons (Fsp3) is 0.900. The van der Waals surface area contributed by atoms with Crippen molar-refractivity contribution in [2.75, 3.05) is 19.7 Å². The molecule has 0 spiro atoms. The van der Waals surface area contributed by atoms with Gasteiger partial charge in [-0.15, -0.1) is 0 Å². The lowest BCUT2D eigenvalue weighted by Crippen LogP contribution is -2.45. The van der Waals surface area contributed by atoms with Gasteiger partial charge >= 0.3 is 0 Å². The summed E-state index contributed by atoms with van der Waals surface area (Å²) in [5, 5.41) is 8.63. The molecule has 2 atom stereocenters. The normalized spacial score (nSPS) is 30.8. The smallest absolute Gasteiger partial charge is 0.222 e. The van der Waals surface area contributed by atoms with Gasteiger partial charge in [0.15, 0.2) is 0 Å². The van der Waals surface area contributed by atoms with Crippen molar-refractivity contribution < 1.29 is 14.6 Å². The molecule has 2 unspecified atom stereocenters. The van der Waals surface area contributed by atoms with Crippen molar-refractivity contribution in [2.45, 2.75) is 37.9 Å². The fourth-order valence-corrected chi connectivity index (χ4v) is 2.21. The summed E-state index contributed by atoms with van der Waals surface area (Å²) in [6.45, 7) is 1.60. The molecule has 80 valence electrons. The maximum Gasteiger partial charge on any atom is 0.222 e. The van der Waals surface area contributed by atoms with Gasteiger partial charge in [0.05, 0.1) is 12.2 Å². The first kappa shape index (κ1) is 9.93. The Hall–Kier alpha value is -0.610. The van der Waals surface area contributed by atoms with Crippen LogP contribution in [0, 0.1) is 0 Å². The molecule has 14 heavy (non-hydrogen) atoms. The monoisotopic (exact) mass is 199 g/mol. The van der Waals surface area contributed by atoms with E-state index < -0.39 is 0 Å². The van der Waals surface area contributed by atoms with Crippen molar-refractivity contribution in [1.29, 1.82) is 0 Å². The zero-order valence-corrected chi connectivity index (χ0v) is 8.32. The molecule has 1 N–H and O–H groups in total. The number of morpholine rings is 1. The Morgan fingerprint density at radius 2 is 2.00 bits per heavy atom. The van der Waals surface area contributed by atoms with Crippen molar-refractivity contribution in [3.05, 3.63) is 0 Å². The Balaban J connectivity index is 1.83. The van der Waals surface area contributed by atoms with Gasteiger partial charge in [-0.25, -0.2) is 0 Å². The molecule has 2 rings (SSSR count). The number of hydrogen-bond donors (Lipinski definition) is 1. The number of amides is 1. The molecule has 0 aromatic heterocycles. The van der Waals surface area contributed by atoms with Crippen molar-refractivity contribution in [3.8, 4) is 0 Å². The Labute approximate surface area is 83.8 Å². The molecule has 0 aromatic rings. The minimum atomic E-state index is 0.100. The fourth-order valence-electron chi connectivity index (χ4n) is 2.21. The van der Waals surface area contributed by atoms with Crippen LogP contribution in [0.4, 0.5) is 0 Å². The molecule has 0 radical (unpaired) electrons. The first-order valence-corrected chi connectivity index (χ1v) is 5.33. The summed E-state index contributed by atoms with van der Waals surface area (Å²) in [6.07, 6.45) is 3.77. The summed E-state index contributed by atoms with van der Waals surface area (Å²) >= 11 is 0. The minimum absolute atomic E-state index is 0.100. The van der Waals surface area contributed by atoms with Crippen LogP contribution in [0.5, 0.6) is 0 Å². The number of aliphatic hydroxyl groups is 1. The molecule has 2 saturated heterocycles. The lowest BCUT2D eigenvalue weighted by Gasteiger charge is -2.32. The maximum atomic E-state index is 11.6. The van der Waals surface area contributed by atoms with E-state index in [2.05, 4.69) is 0 Å². The van der Waals surface area contributed by atoms with Crippen LogP contribution in [0.25, 0.3) is 0 Å². The number of fused-ring (bicyclic) bond motifs is 2. The van der Waals surface area contributed by atoms with E-state index in [-0.39, 0.29) is 24.7 Å². The standard InChI is InChI=1S/C10H17NO3/c12-5-1-2-10(13)11-6-8-3-4-9(7-11)14-8/h8-9,12H,1-7H2. The third-order valence-electron chi connectivity index (χ3n) is 2.95. The van der Waals surface area contributed by atoms with Crippen molar-refractivity contribution in [3.63, 3.8) is 0 Å². The third kappa shape index (κ3) is 2.07. The predicted molar refractivity (Wildman–Crippen MR) is 50.8 cm³/mol. The van der Waals surface area contributed by atoms with E-state index in [0.717, 1.165) is 25.9 Å². The van der Waals surface area contributed by atoms with Crippen LogP contribution in [0.3, 0.4) is 0 Å². The summed E-state index contributed by atoms with van der Waals surface area (Å²) < 4.78 is 5.64. The van der Waals surface area contributed by atoms with E-state index in [0.29, 0.717) is 12.8 Å². The second-order valence-electron chi connectivity index (χ2n) is 4.08. The highest BCUT2D eigenvalue weighted by Gasteiger charge is 2.35. The van der Waals surface area contributed by atoms with Crippen LogP contribution in [0.2, 0.25) is 0 Å². The zero-order valence-electron chi connectivity index (χ0n) is 8.32. The highest BCUT2D eigenvalue weighted by atomic mass is 16.5. The number of ether oxygens (including phenoxy) is 1. The Bertz CT molecular complexity index is 207. The van der Waals surface area contributed by atoms with Gasteiger partial charge in [0.1, 0.15) is 0 Å². The van der Waals surface area contributed by atoms with Crippen LogP contribution in [0.1, 0.15) is 25.7 Å². The molecule has 2 fully saturated rings. The van der Waals surface area contributed by atoms with Gasteiger partial charge in [-0.3, -0.25) is 4.79 Å². The molecule has 1 amide bonds. The number of likely N-dealkylation sites (tertiary alicyclic amines) is 1. The first-order chi connectivity index (χ1) is 6.79. The van der Waals surface area contributed by atoms with Crippen LogP contribution in [-0.2, 0) is 9.53 Å². The zero-order chi connectivity index (χ0) is 9.97. The number of hydrogen-bond acceptors (Lipinski definition) is 3. The van der Waals surface area contributed by atoms with E-state index in [1.165, 1.54) is 0 Å². The molecular weight excluding hydrogens is 182 g/mol. The first-order valence-electron chi connectivity index (χ1n) is 5.33. The molecular formula is C10H17NO3. The Morgan fingerprint density at radius 3 is 2.57 bits per heavy atom. The number of aliphatic hydroxyl groups excluding tert-OH is 1. The Kier molecular flexibility index (Phi) is 3.03. The van der Waals surface area contributed by atoms with E-state index in [1.54, 1.807) is 0 Å². The summed E-state index contributed by atoms with van der Waals surface area (Å²) in [6, 6.07) is 0. The lowest BCUT2D eigenvalue weighted by atomic mass is 10.2. The Morgan fingerprint density at radius 1 is 1.36 bits per heavy atom. The van der Waals surface area contributed by atoms with E-state index in [9.17, 15) is 4.79 Å². The number of nitrogens with zero attached hydrogens (tertiary/aromatic N) is 1. The molecule has 2 bridgehead atoms. The molecule has 0 aromatic carbocycles. The molecule has 2 aliphatic rings. The van der Waals surface area contributed by atoms with Crippen molar-refractivity contribution in [2.24, 2.45) is 0 Å². The summed E-state index contributed by atoms with van der Waals surface area (Å²) in [4.78, 5) is 13.5. The van der Waals surface area contributed by atoms with Crippen LogP contribution < -0.4 is 0 Å². The molecule has 0 saturated carbocycles. The average Bonchev–Trinajstić information content (AvgIpc) is 2.54. The molecule has 4 nitrogen and oxygen atoms in total. The summed E-state index contributed by atoms with van der Waals surface area (Å²) in [7, 11) is 0.